The fourth-order valence-corrected chi connectivity index (χ4v) is 5.07. The maximum atomic E-state index is 14.7. The number of hydrogen-bond acceptors (Lipinski definition) is 5. The van der Waals surface area contributed by atoms with Crippen molar-refractivity contribution in [3.8, 4) is 18.4 Å². The van der Waals surface area contributed by atoms with Crippen LogP contribution < -0.4 is 16.0 Å². The maximum Gasteiger partial charge on any atom is 0.471 e. The Labute approximate surface area is 219 Å². The van der Waals surface area contributed by atoms with Crippen LogP contribution >= 0.6 is 0 Å². The molecule has 0 unspecified atom stereocenters. The second kappa shape index (κ2) is 13.2. The van der Waals surface area contributed by atoms with Gasteiger partial charge in [0.2, 0.25) is 11.8 Å². The minimum absolute atomic E-state index is 0.0113. The fraction of sp³-hybridized carbons (Fsp3) is 0.760. The van der Waals surface area contributed by atoms with Gasteiger partial charge in [0.05, 0.1) is 12.1 Å². The molecule has 0 aromatic rings. The van der Waals surface area contributed by atoms with Gasteiger partial charge >= 0.3 is 12.1 Å². The van der Waals surface area contributed by atoms with Crippen LogP contribution in [-0.4, -0.2) is 72.0 Å². The zero-order valence-corrected chi connectivity index (χ0v) is 21.4. The second-order valence-corrected chi connectivity index (χ2v) is 10.4. The van der Waals surface area contributed by atoms with Crippen LogP contribution in [0.5, 0.6) is 0 Å². The van der Waals surface area contributed by atoms with Crippen molar-refractivity contribution in [3.05, 3.63) is 0 Å². The lowest BCUT2D eigenvalue weighted by Gasteiger charge is -2.45. The van der Waals surface area contributed by atoms with Gasteiger partial charge in [-0.1, -0.05) is 13.8 Å². The largest absolute Gasteiger partial charge is 0.471 e. The third-order valence-electron chi connectivity index (χ3n) is 6.72. The number of nitriles is 1. The molecule has 0 spiro atoms. The first-order valence-corrected chi connectivity index (χ1v) is 12.6. The molecule has 0 aromatic heterocycles. The monoisotopic (exact) mass is 547 g/mol. The Kier molecular flexibility index (Phi) is 10.9. The third kappa shape index (κ3) is 9.12. The molecule has 0 saturated carbocycles. The first kappa shape index (κ1) is 31.3. The van der Waals surface area contributed by atoms with Crippen LogP contribution in [-0.2, 0) is 14.4 Å². The molecule has 3 amide bonds. The summed E-state index contributed by atoms with van der Waals surface area (Å²) in [5, 5.41) is 16.6. The molecule has 2 rings (SSSR count). The van der Waals surface area contributed by atoms with Crippen LogP contribution in [0.2, 0.25) is 0 Å². The van der Waals surface area contributed by atoms with E-state index in [2.05, 4.69) is 16.6 Å². The van der Waals surface area contributed by atoms with Gasteiger partial charge in [-0.2, -0.15) is 18.4 Å². The molecule has 3 N–H and O–H groups in total. The van der Waals surface area contributed by atoms with Crippen molar-refractivity contribution in [2.45, 2.75) is 95.1 Å². The highest BCUT2D eigenvalue weighted by molar-refractivity contribution is 5.83. The quantitative estimate of drug-likeness (QED) is 0.287. The summed E-state index contributed by atoms with van der Waals surface area (Å²) >= 11 is 0. The van der Waals surface area contributed by atoms with Crippen LogP contribution in [0.25, 0.3) is 0 Å². The van der Waals surface area contributed by atoms with E-state index in [1.165, 1.54) is 4.90 Å². The summed E-state index contributed by atoms with van der Waals surface area (Å²) in [5.74, 6) is -5.06. The number of nitrogens with zero attached hydrogens (tertiary/aromatic N) is 2. The summed E-state index contributed by atoms with van der Waals surface area (Å²) < 4.78 is 68.3. The van der Waals surface area contributed by atoms with E-state index in [0.717, 1.165) is 0 Å². The predicted octanol–water partition coefficient (Wildman–Crippen LogP) is 2.50. The SMILES string of the molecule is C#CC[C@H]1CC(F)(F)C[C@@H](C(=O)N[C@H](C#N)C[C@@H]2CCCNC2=O)N1C[C@@H](CC(C)C)NC(=O)C(F)(F)F. The van der Waals surface area contributed by atoms with E-state index >= 15 is 0 Å². The normalized spacial score (nSPS) is 25.4. The van der Waals surface area contributed by atoms with E-state index in [9.17, 15) is 41.6 Å². The minimum atomic E-state index is -5.15. The molecule has 8 nitrogen and oxygen atoms in total. The van der Waals surface area contributed by atoms with Crippen molar-refractivity contribution in [1.82, 2.24) is 20.9 Å². The van der Waals surface area contributed by atoms with E-state index in [1.807, 2.05) is 11.4 Å². The van der Waals surface area contributed by atoms with Gasteiger partial charge in [-0.05, 0) is 31.6 Å². The Balaban J connectivity index is 2.30. The zero-order chi connectivity index (χ0) is 28.7. The van der Waals surface area contributed by atoms with Crippen molar-refractivity contribution < 1.29 is 36.3 Å². The van der Waals surface area contributed by atoms with Gasteiger partial charge in [0.25, 0.3) is 5.92 Å². The van der Waals surface area contributed by atoms with Gasteiger partial charge in [0.15, 0.2) is 0 Å². The first-order valence-electron chi connectivity index (χ1n) is 12.6. The molecule has 2 saturated heterocycles. The molecule has 2 aliphatic heterocycles. The molecule has 2 fully saturated rings. The van der Waals surface area contributed by atoms with Crippen LogP contribution in [0.1, 0.15) is 58.8 Å². The fourth-order valence-electron chi connectivity index (χ4n) is 5.07. The van der Waals surface area contributed by atoms with Crippen LogP contribution in [0.4, 0.5) is 22.0 Å². The van der Waals surface area contributed by atoms with Crippen molar-refractivity contribution in [2.24, 2.45) is 11.8 Å². The van der Waals surface area contributed by atoms with Crippen LogP contribution in [0.3, 0.4) is 0 Å². The zero-order valence-electron chi connectivity index (χ0n) is 21.4. The number of likely N-dealkylation sites (tertiary alicyclic amines) is 1. The molecule has 0 bridgehead atoms. The van der Waals surface area contributed by atoms with Crippen molar-refractivity contribution in [3.63, 3.8) is 0 Å². The molecule has 0 aliphatic carbocycles. The number of halogens is 5. The number of terminal acetylenes is 1. The van der Waals surface area contributed by atoms with Crippen molar-refractivity contribution in [2.75, 3.05) is 13.1 Å². The number of carbonyl (C=O) groups is 3. The third-order valence-corrected chi connectivity index (χ3v) is 6.72. The number of amides is 3. The Morgan fingerprint density at radius 2 is 1.95 bits per heavy atom. The van der Waals surface area contributed by atoms with E-state index < -0.39 is 66.8 Å². The summed E-state index contributed by atoms with van der Waals surface area (Å²) in [6.45, 7) is 3.62. The lowest BCUT2D eigenvalue weighted by molar-refractivity contribution is -0.175. The molecular formula is C25H34F5N5O3. The number of rotatable bonds is 10. The minimum Gasteiger partial charge on any atom is -0.356 e. The standard InChI is InChI=1S/C25H34F5N5O3/c1-4-6-19-11-24(26,27)12-20(22(37)33-17(13-31)10-16-7-5-8-32-21(16)36)35(19)14-18(9-15(2)3)34-23(38)25(28,29)30/h1,15-20H,5-12,14H2,2-3H3,(H,32,36)(H,33,37)(H,34,38)/t16-,17-,18+,19-,20-/m0/s1. The number of hydrogen-bond donors (Lipinski definition) is 3. The lowest BCUT2D eigenvalue weighted by Crippen LogP contribution is -2.62. The average molecular weight is 548 g/mol. The summed E-state index contributed by atoms with van der Waals surface area (Å²) in [6, 6.07) is -2.94. The number of alkyl halides is 5. The summed E-state index contributed by atoms with van der Waals surface area (Å²) in [6.07, 6.45) is -0.352. The summed E-state index contributed by atoms with van der Waals surface area (Å²) in [5.41, 5.74) is 0. The Hall–Kier alpha value is -2.93. The summed E-state index contributed by atoms with van der Waals surface area (Å²) in [7, 11) is 0. The van der Waals surface area contributed by atoms with Crippen LogP contribution in [0.15, 0.2) is 0 Å². The molecule has 38 heavy (non-hydrogen) atoms. The molecular weight excluding hydrogens is 513 g/mol. The molecule has 0 radical (unpaired) electrons. The predicted molar refractivity (Wildman–Crippen MR) is 127 cm³/mol. The smallest absolute Gasteiger partial charge is 0.356 e. The van der Waals surface area contributed by atoms with E-state index in [1.54, 1.807) is 13.8 Å². The molecule has 212 valence electrons. The second-order valence-electron chi connectivity index (χ2n) is 10.4. The highest BCUT2D eigenvalue weighted by Gasteiger charge is 2.49. The lowest BCUT2D eigenvalue weighted by atomic mass is 9.88. The first-order chi connectivity index (χ1) is 17.7. The average Bonchev–Trinajstić information content (AvgIpc) is 2.80. The summed E-state index contributed by atoms with van der Waals surface area (Å²) in [4.78, 5) is 38.3. The van der Waals surface area contributed by atoms with E-state index in [4.69, 9.17) is 6.42 Å². The number of carbonyl (C=O) groups excluding carboxylic acids is 3. The van der Waals surface area contributed by atoms with Gasteiger partial charge < -0.3 is 16.0 Å². The molecule has 2 aliphatic rings. The Bertz CT molecular complexity index is 943. The van der Waals surface area contributed by atoms with Gasteiger partial charge in [-0.3, -0.25) is 19.3 Å². The highest BCUT2D eigenvalue weighted by atomic mass is 19.4. The molecule has 0 aromatic carbocycles. The van der Waals surface area contributed by atoms with Crippen molar-refractivity contribution >= 4 is 17.7 Å². The number of nitrogens with one attached hydrogen (secondary N) is 3. The molecule has 13 heteroatoms. The van der Waals surface area contributed by atoms with E-state index in [0.29, 0.717) is 19.4 Å². The van der Waals surface area contributed by atoms with E-state index in [-0.39, 0.29) is 37.6 Å². The Morgan fingerprint density at radius 3 is 2.50 bits per heavy atom. The van der Waals surface area contributed by atoms with Gasteiger partial charge in [0, 0.05) is 50.4 Å². The molecule has 5 atom stereocenters. The van der Waals surface area contributed by atoms with Crippen molar-refractivity contribution in [1.29, 1.82) is 5.26 Å². The number of piperidine rings is 2. The molecule has 2 heterocycles. The Morgan fingerprint density at radius 1 is 1.26 bits per heavy atom. The topological polar surface area (TPSA) is 114 Å². The van der Waals surface area contributed by atoms with Gasteiger partial charge in [-0.15, -0.1) is 12.3 Å². The highest BCUT2D eigenvalue weighted by Crippen LogP contribution is 2.37. The van der Waals surface area contributed by atoms with Crippen LogP contribution in [0, 0.1) is 35.5 Å². The van der Waals surface area contributed by atoms with Gasteiger partial charge in [-0.25, -0.2) is 8.78 Å². The maximum absolute atomic E-state index is 14.7. The van der Waals surface area contributed by atoms with Gasteiger partial charge in [0.1, 0.15) is 6.04 Å².